The lowest BCUT2D eigenvalue weighted by molar-refractivity contribution is 0.182. The molecule has 1 N–H and O–H groups in total. The van der Waals surface area contributed by atoms with Crippen molar-refractivity contribution < 1.29 is 0 Å². The Kier molecular flexibility index (Phi) is 0.883. The van der Waals surface area contributed by atoms with Gasteiger partial charge in [0.15, 0.2) is 0 Å². The zero-order valence-corrected chi connectivity index (χ0v) is 6.40. The molecule has 0 bridgehead atoms. The molecule has 1 spiro atoms. The number of hydrogen-bond acceptors (Lipinski definition) is 1. The van der Waals surface area contributed by atoms with Gasteiger partial charge in [0.2, 0.25) is 0 Å². The largest absolute Gasteiger partial charge is 0.311 e. The summed E-state index contributed by atoms with van der Waals surface area (Å²) in [5, 5.41) is 3.74. The smallest absolute Gasteiger partial charge is 0.0126 e. The van der Waals surface area contributed by atoms with Gasteiger partial charge < -0.3 is 5.32 Å². The summed E-state index contributed by atoms with van der Waals surface area (Å²) in [6, 6.07) is 1.88. The summed E-state index contributed by atoms with van der Waals surface area (Å²) in [6.07, 6.45) is 8.95. The van der Waals surface area contributed by atoms with Crippen molar-refractivity contribution in [2.75, 3.05) is 0 Å². The molecule has 3 saturated carbocycles. The van der Waals surface area contributed by atoms with Crippen molar-refractivity contribution in [2.24, 2.45) is 5.41 Å². The second kappa shape index (κ2) is 1.58. The Bertz CT molecular complexity index is 156. The summed E-state index contributed by atoms with van der Waals surface area (Å²) in [6.45, 7) is 0. The van der Waals surface area contributed by atoms with E-state index in [1.54, 1.807) is 0 Å². The predicted molar refractivity (Wildman–Crippen MR) is 40.8 cm³/mol. The van der Waals surface area contributed by atoms with Crippen LogP contribution in [0.15, 0.2) is 0 Å². The fourth-order valence-electron chi connectivity index (χ4n) is 2.25. The molecule has 0 heterocycles. The minimum Gasteiger partial charge on any atom is -0.311 e. The molecule has 1 nitrogen and oxygen atoms in total. The van der Waals surface area contributed by atoms with E-state index in [1.165, 1.54) is 38.5 Å². The molecule has 0 aromatic rings. The maximum atomic E-state index is 3.74. The summed E-state index contributed by atoms with van der Waals surface area (Å²) < 4.78 is 0. The zero-order valence-electron chi connectivity index (χ0n) is 6.40. The Morgan fingerprint density at radius 1 is 1.00 bits per heavy atom. The van der Waals surface area contributed by atoms with Crippen LogP contribution in [0, 0.1) is 5.41 Å². The van der Waals surface area contributed by atoms with Crippen LogP contribution in [0.5, 0.6) is 0 Å². The van der Waals surface area contributed by atoms with E-state index < -0.39 is 0 Å². The van der Waals surface area contributed by atoms with Crippen molar-refractivity contribution in [3.8, 4) is 0 Å². The van der Waals surface area contributed by atoms with Crippen LogP contribution < -0.4 is 5.32 Å². The SMILES string of the molecule is C1CC1N[C@H]1CCC12CC2. The second-order valence-electron chi connectivity index (χ2n) is 4.39. The van der Waals surface area contributed by atoms with Crippen LogP contribution in [-0.2, 0) is 0 Å². The molecule has 1 heteroatoms. The van der Waals surface area contributed by atoms with Crippen molar-refractivity contribution in [3.05, 3.63) is 0 Å². The summed E-state index contributed by atoms with van der Waals surface area (Å²) in [5.41, 5.74) is 0.850. The molecule has 0 radical (unpaired) electrons. The van der Waals surface area contributed by atoms with Gasteiger partial charge in [0.05, 0.1) is 0 Å². The fourth-order valence-corrected chi connectivity index (χ4v) is 2.25. The van der Waals surface area contributed by atoms with Crippen LogP contribution in [0.4, 0.5) is 0 Å². The van der Waals surface area contributed by atoms with Crippen molar-refractivity contribution in [1.82, 2.24) is 5.32 Å². The maximum absolute atomic E-state index is 3.74. The zero-order chi connectivity index (χ0) is 6.60. The average Bonchev–Trinajstić information content (AvgIpc) is 2.75. The Labute approximate surface area is 62.2 Å². The van der Waals surface area contributed by atoms with Gasteiger partial charge in [-0.3, -0.25) is 0 Å². The molecule has 0 unspecified atom stereocenters. The van der Waals surface area contributed by atoms with Gasteiger partial charge in [-0.1, -0.05) is 0 Å². The molecule has 3 fully saturated rings. The first-order valence-corrected chi connectivity index (χ1v) is 4.65. The van der Waals surface area contributed by atoms with Gasteiger partial charge in [-0.05, 0) is 43.9 Å². The number of rotatable bonds is 2. The fraction of sp³-hybridized carbons (Fsp3) is 1.00. The van der Waals surface area contributed by atoms with Gasteiger partial charge in [-0.15, -0.1) is 0 Å². The maximum Gasteiger partial charge on any atom is 0.0126 e. The molecular formula is C9H15N. The van der Waals surface area contributed by atoms with Crippen LogP contribution in [0.1, 0.15) is 38.5 Å². The van der Waals surface area contributed by atoms with Crippen LogP contribution in [0.3, 0.4) is 0 Å². The Balaban J connectivity index is 1.61. The molecule has 0 amide bonds. The molecule has 10 heavy (non-hydrogen) atoms. The standard InChI is InChI=1S/C9H15N/c1-2-7(1)10-8-3-4-9(8)5-6-9/h7-8,10H,1-6H2/t8-/m0/s1. The van der Waals surface area contributed by atoms with Crippen LogP contribution in [0.2, 0.25) is 0 Å². The molecular weight excluding hydrogens is 122 g/mol. The number of nitrogens with one attached hydrogen (secondary N) is 1. The van der Waals surface area contributed by atoms with Crippen LogP contribution in [0.25, 0.3) is 0 Å². The van der Waals surface area contributed by atoms with Gasteiger partial charge in [0.25, 0.3) is 0 Å². The van der Waals surface area contributed by atoms with Crippen LogP contribution in [-0.4, -0.2) is 12.1 Å². The molecule has 0 saturated heterocycles. The van der Waals surface area contributed by atoms with E-state index in [0.29, 0.717) is 0 Å². The Morgan fingerprint density at radius 3 is 2.20 bits per heavy atom. The van der Waals surface area contributed by atoms with E-state index in [1.807, 2.05) is 0 Å². The minimum absolute atomic E-state index is 0.850. The lowest BCUT2D eigenvalue weighted by atomic mass is 9.76. The highest BCUT2D eigenvalue weighted by Gasteiger charge is 2.56. The molecule has 0 aliphatic heterocycles. The first-order chi connectivity index (χ1) is 4.89. The Morgan fingerprint density at radius 2 is 1.80 bits per heavy atom. The highest BCUT2D eigenvalue weighted by molar-refractivity contribution is 5.11. The molecule has 0 aromatic carbocycles. The first-order valence-electron chi connectivity index (χ1n) is 4.65. The summed E-state index contributed by atoms with van der Waals surface area (Å²) in [7, 11) is 0. The number of hydrogen-bond donors (Lipinski definition) is 1. The lowest BCUT2D eigenvalue weighted by Gasteiger charge is -2.38. The van der Waals surface area contributed by atoms with Gasteiger partial charge in [-0.25, -0.2) is 0 Å². The van der Waals surface area contributed by atoms with Crippen LogP contribution >= 0.6 is 0 Å². The quantitative estimate of drug-likeness (QED) is 0.610. The van der Waals surface area contributed by atoms with Gasteiger partial charge in [-0.2, -0.15) is 0 Å². The summed E-state index contributed by atoms with van der Waals surface area (Å²) in [4.78, 5) is 0. The Hall–Kier alpha value is -0.0400. The van der Waals surface area contributed by atoms with Crippen molar-refractivity contribution in [3.63, 3.8) is 0 Å². The van der Waals surface area contributed by atoms with Crippen molar-refractivity contribution in [2.45, 2.75) is 50.6 Å². The van der Waals surface area contributed by atoms with Crippen molar-refractivity contribution in [1.29, 1.82) is 0 Å². The third-order valence-corrected chi connectivity index (χ3v) is 3.58. The van der Waals surface area contributed by atoms with E-state index in [4.69, 9.17) is 0 Å². The predicted octanol–water partition coefficient (Wildman–Crippen LogP) is 1.68. The average molecular weight is 137 g/mol. The minimum atomic E-state index is 0.850. The monoisotopic (exact) mass is 137 g/mol. The van der Waals surface area contributed by atoms with E-state index in [-0.39, 0.29) is 0 Å². The highest BCUT2D eigenvalue weighted by Crippen LogP contribution is 2.61. The molecule has 3 aliphatic rings. The molecule has 3 aliphatic carbocycles. The summed E-state index contributed by atoms with van der Waals surface area (Å²) in [5.74, 6) is 0. The third-order valence-electron chi connectivity index (χ3n) is 3.58. The summed E-state index contributed by atoms with van der Waals surface area (Å²) >= 11 is 0. The van der Waals surface area contributed by atoms with Gasteiger partial charge in [0.1, 0.15) is 0 Å². The van der Waals surface area contributed by atoms with E-state index in [9.17, 15) is 0 Å². The van der Waals surface area contributed by atoms with E-state index in [0.717, 1.165) is 17.5 Å². The molecule has 56 valence electrons. The third kappa shape index (κ3) is 0.672. The first kappa shape index (κ1) is 5.59. The van der Waals surface area contributed by atoms with Gasteiger partial charge >= 0.3 is 0 Å². The molecule has 1 atom stereocenters. The lowest BCUT2D eigenvalue weighted by Crippen LogP contribution is -2.46. The van der Waals surface area contributed by atoms with Crippen molar-refractivity contribution >= 4 is 0 Å². The second-order valence-corrected chi connectivity index (χ2v) is 4.39. The van der Waals surface area contributed by atoms with E-state index in [2.05, 4.69) is 5.32 Å². The molecule has 0 aromatic heterocycles. The van der Waals surface area contributed by atoms with E-state index >= 15 is 0 Å². The topological polar surface area (TPSA) is 12.0 Å². The normalized spacial score (nSPS) is 41.4. The van der Waals surface area contributed by atoms with Gasteiger partial charge in [0, 0.05) is 12.1 Å². The highest BCUT2D eigenvalue weighted by atomic mass is 15.0. The molecule has 3 rings (SSSR count).